The van der Waals surface area contributed by atoms with Gasteiger partial charge < -0.3 is 5.11 Å². The maximum Gasteiger partial charge on any atom is 0.336 e. The van der Waals surface area contributed by atoms with Crippen LogP contribution in [0.2, 0.25) is 10.0 Å². The Balaban J connectivity index is 1.88. The molecular weight excluding hydrogens is 441 g/mol. The predicted molar refractivity (Wildman–Crippen MR) is 121 cm³/mol. The number of hydrogen-bond donors (Lipinski definition) is 1. The quantitative estimate of drug-likeness (QED) is 0.406. The topological polar surface area (TPSA) is 67.5 Å². The number of rotatable bonds is 4. The second-order valence-electron chi connectivity index (χ2n) is 6.44. The molecular formula is C22H15Cl2N3O2S. The average molecular weight is 456 g/mol. The standard InChI is InChI=1S/C22H15Cl2N3O2S/c1-27-22(30-20(26-27)14-7-11-16(24)12-8-14)25-18-4-2-3-17(21(28)29)19(18)13-5-9-15(23)10-6-13/h2-12H,1H3,(H,28,29). The number of aromatic nitrogens is 2. The van der Waals surface area contributed by atoms with Gasteiger partial charge in [0.2, 0.25) is 4.80 Å². The summed E-state index contributed by atoms with van der Waals surface area (Å²) in [6, 6.07) is 19.5. The maximum absolute atomic E-state index is 11.9. The third-order valence-corrected chi connectivity index (χ3v) is 5.97. The molecule has 0 unspecified atom stereocenters. The fraction of sp³-hybridized carbons (Fsp3) is 0.0455. The van der Waals surface area contributed by atoms with Gasteiger partial charge in [-0.2, -0.15) is 5.10 Å². The fourth-order valence-electron chi connectivity index (χ4n) is 2.99. The zero-order valence-electron chi connectivity index (χ0n) is 15.7. The van der Waals surface area contributed by atoms with E-state index in [1.807, 2.05) is 24.3 Å². The highest BCUT2D eigenvalue weighted by molar-refractivity contribution is 7.12. The average Bonchev–Trinajstić information content (AvgIpc) is 3.09. The fourth-order valence-corrected chi connectivity index (χ4v) is 4.15. The first-order chi connectivity index (χ1) is 14.4. The van der Waals surface area contributed by atoms with Crippen LogP contribution in [-0.2, 0) is 7.05 Å². The highest BCUT2D eigenvalue weighted by atomic mass is 35.5. The molecule has 150 valence electrons. The molecule has 4 rings (SSSR count). The summed E-state index contributed by atoms with van der Waals surface area (Å²) in [4.78, 5) is 17.2. The molecule has 1 aromatic heterocycles. The molecule has 0 amide bonds. The van der Waals surface area contributed by atoms with Crippen LogP contribution in [0.3, 0.4) is 0 Å². The Bertz CT molecular complexity index is 1290. The van der Waals surface area contributed by atoms with E-state index in [1.54, 1.807) is 54.2 Å². The number of nitrogens with zero attached hydrogens (tertiary/aromatic N) is 3. The number of halogens is 2. The van der Waals surface area contributed by atoms with Crippen molar-refractivity contribution < 1.29 is 9.90 Å². The van der Waals surface area contributed by atoms with Gasteiger partial charge in [0, 0.05) is 28.2 Å². The van der Waals surface area contributed by atoms with Crippen LogP contribution in [0.25, 0.3) is 21.7 Å². The van der Waals surface area contributed by atoms with Crippen molar-refractivity contribution in [1.82, 2.24) is 9.78 Å². The molecule has 0 aliphatic carbocycles. The Morgan fingerprint density at radius 3 is 2.17 bits per heavy atom. The number of aryl methyl sites for hydroxylation is 1. The summed E-state index contributed by atoms with van der Waals surface area (Å²) in [6.07, 6.45) is 0. The van der Waals surface area contributed by atoms with Crippen molar-refractivity contribution in [3.8, 4) is 21.7 Å². The number of carbonyl (C=O) groups is 1. The molecule has 4 aromatic rings. The van der Waals surface area contributed by atoms with Crippen LogP contribution in [0.1, 0.15) is 10.4 Å². The molecule has 1 heterocycles. The first kappa shape index (κ1) is 20.3. The number of aromatic carboxylic acids is 1. The summed E-state index contributed by atoms with van der Waals surface area (Å²) in [5, 5.41) is 16.3. The van der Waals surface area contributed by atoms with E-state index >= 15 is 0 Å². The van der Waals surface area contributed by atoms with Gasteiger partial charge in [0.15, 0.2) is 0 Å². The monoisotopic (exact) mass is 455 g/mol. The van der Waals surface area contributed by atoms with Crippen molar-refractivity contribution in [2.45, 2.75) is 0 Å². The van der Waals surface area contributed by atoms with E-state index in [4.69, 9.17) is 28.2 Å². The van der Waals surface area contributed by atoms with Crippen LogP contribution >= 0.6 is 34.5 Å². The predicted octanol–water partition coefficient (Wildman–Crippen LogP) is 6.05. The van der Waals surface area contributed by atoms with Crippen LogP contribution in [0, 0.1) is 0 Å². The highest BCUT2D eigenvalue weighted by Gasteiger charge is 2.16. The molecule has 0 aliphatic rings. The minimum absolute atomic E-state index is 0.170. The molecule has 0 saturated heterocycles. The summed E-state index contributed by atoms with van der Waals surface area (Å²) in [6.45, 7) is 0. The third kappa shape index (κ3) is 4.16. The Morgan fingerprint density at radius 1 is 0.967 bits per heavy atom. The van der Waals surface area contributed by atoms with Crippen LogP contribution < -0.4 is 4.80 Å². The van der Waals surface area contributed by atoms with E-state index < -0.39 is 5.97 Å². The van der Waals surface area contributed by atoms with Gasteiger partial charge in [0.05, 0.1) is 11.3 Å². The van der Waals surface area contributed by atoms with Crippen molar-refractivity contribution in [2.75, 3.05) is 0 Å². The molecule has 3 aromatic carbocycles. The molecule has 0 fully saturated rings. The summed E-state index contributed by atoms with van der Waals surface area (Å²) in [5.41, 5.74) is 2.89. The SMILES string of the molecule is Cn1nc(-c2ccc(Cl)cc2)sc1=Nc1cccc(C(=O)O)c1-c1ccc(Cl)cc1. The Labute approximate surface area is 186 Å². The summed E-state index contributed by atoms with van der Waals surface area (Å²) >= 11 is 13.4. The van der Waals surface area contributed by atoms with Crippen LogP contribution in [0.15, 0.2) is 71.7 Å². The number of carboxylic acids is 1. The van der Waals surface area contributed by atoms with Crippen molar-refractivity contribution in [3.63, 3.8) is 0 Å². The Morgan fingerprint density at radius 2 is 1.57 bits per heavy atom. The van der Waals surface area contributed by atoms with E-state index in [1.165, 1.54) is 11.3 Å². The van der Waals surface area contributed by atoms with E-state index in [2.05, 4.69) is 5.10 Å². The first-order valence-corrected chi connectivity index (χ1v) is 10.5. The van der Waals surface area contributed by atoms with Gasteiger partial charge in [-0.1, -0.05) is 64.9 Å². The molecule has 8 heteroatoms. The second-order valence-corrected chi connectivity index (χ2v) is 8.27. The molecule has 0 aliphatic heterocycles. The highest BCUT2D eigenvalue weighted by Crippen LogP contribution is 2.34. The number of hydrogen-bond acceptors (Lipinski definition) is 4. The summed E-state index contributed by atoms with van der Waals surface area (Å²) in [7, 11) is 1.80. The van der Waals surface area contributed by atoms with Gasteiger partial charge in [-0.25, -0.2) is 14.5 Å². The van der Waals surface area contributed by atoms with Crippen molar-refractivity contribution >= 4 is 46.2 Å². The third-order valence-electron chi connectivity index (χ3n) is 4.42. The first-order valence-electron chi connectivity index (χ1n) is 8.89. The molecule has 0 radical (unpaired) electrons. The van der Waals surface area contributed by atoms with Gasteiger partial charge in [-0.15, -0.1) is 0 Å². The normalized spacial score (nSPS) is 11.6. The summed E-state index contributed by atoms with van der Waals surface area (Å²) < 4.78 is 1.67. The largest absolute Gasteiger partial charge is 0.478 e. The molecule has 0 bridgehead atoms. The molecule has 1 N–H and O–H groups in total. The molecule has 0 spiro atoms. The van der Waals surface area contributed by atoms with Gasteiger partial charge in [-0.05, 0) is 42.0 Å². The lowest BCUT2D eigenvalue weighted by Gasteiger charge is -2.10. The molecule has 0 atom stereocenters. The van der Waals surface area contributed by atoms with E-state index in [0.717, 1.165) is 16.1 Å². The van der Waals surface area contributed by atoms with Crippen LogP contribution in [-0.4, -0.2) is 20.9 Å². The van der Waals surface area contributed by atoms with Gasteiger partial charge in [0.1, 0.15) is 5.01 Å². The minimum atomic E-state index is -1.02. The van der Waals surface area contributed by atoms with E-state index in [9.17, 15) is 9.90 Å². The lowest BCUT2D eigenvalue weighted by atomic mass is 9.98. The smallest absolute Gasteiger partial charge is 0.336 e. The van der Waals surface area contributed by atoms with E-state index in [-0.39, 0.29) is 5.56 Å². The summed E-state index contributed by atoms with van der Waals surface area (Å²) in [5.74, 6) is -1.02. The zero-order valence-corrected chi connectivity index (χ0v) is 18.0. The molecule has 5 nitrogen and oxygen atoms in total. The van der Waals surface area contributed by atoms with Crippen molar-refractivity contribution in [2.24, 2.45) is 12.0 Å². The van der Waals surface area contributed by atoms with Crippen molar-refractivity contribution in [1.29, 1.82) is 0 Å². The maximum atomic E-state index is 11.9. The number of carboxylic acid groups (broad SMARTS) is 1. The van der Waals surface area contributed by atoms with Crippen LogP contribution in [0.5, 0.6) is 0 Å². The molecule has 0 saturated carbocycles. The second kappa shape index (κ2) is 8.44. The van der Waals surface area contributed by atoms with E-state index in [0.29, 0.717) is 26.1 Å². The minimum Gasteiger partial charge on any atom is -0.478 e. The zero-order chi connectivity index (χ0) is 21.3. The van der Waals surface area contributed by atoms with Gasteiger partial charge in [-0.3, -0.25) is 0 Å². The van der Waals surface area contributed by atoms with Gasteiger partial charge in [0.25, 0.3) is 0 Å². The van der Waals surface area contributed by atoms with Crippen molar-refractivity contribution in [3.05, 3.63) is 87.1 Å². The lowest BCUT2D eigenvalue weighted by Crippen LogP contribution is -2.11. The van der Waals surface area contributed by atoms with Crippen LogP contribution in [0.4, 0.5) is 5.69 Å². The molecule has 30 heavy (non-hydrogen) atoms. The van der Waals surface area contributed by atoms with Gasteiger partial charge >= 0.3 is 5.97 Å². The number of benzene rings is 3. The Kier molecular flexibility index (Phi) is 5.72. The lowest BCUT2D eigenvalue weighted by molar-refractivity contribution is 0.0697. The Hall–Kier alpha value is -2.93.